The van der Waals surface area contributed by atoms with Crippen molar-refractivity contribution in [2.75, 3.05) is 38.3 Å². The van der Waals surface area contributed by atoms with Gasteiger partial charge in [-0.1, -0.05) is 18.2 Å². The average molecular weight is 399 g/mol. The Labute approximate surface area is 174 Å². The number of aromatic nitrogens is 2. The zero-order chi connectivity index (χ0) is 20.6. The fourth-order valence-electron chi connectivity index (χ4n) is 3.78. The molecule has 1 fully saturated rings. The van der Waals surface area contributed by atoms with E-state index in [-0.39, 0.29) is 0 Å². The van der Waals surface area contributed by atoms with Gasteiger partial charge in [0.25, 0.3) is 0 Å². The van der Waals surface area contributed by atoms with Crippen LogP contribution in [0.2, 0.25) is 0 Å². The van der Waals surface area contributed by atoms with Gasteiger partial charge in [-0.25, -0.2) is 4.99 Å². The summed E-state index contributed by atoms with van der Waals surface area (Å²) in [6.45, 7) is 11.2. The quantitative estimate of drug-likeness (QED) is 0.528. The fourth-order valence-corrected chi connectivity index (χ4v) is 3.78. The summed E-state index contributed by atoms with van der Waals surface area (Å²) in [7, 11) is 1.72. The molecular formula is C22H34N6O. The molecule has 1 aromatic carbocycles. The summed E-state index contributed by atoms with van der Waals surface area (Å²) < 4.78 is 7.20. The van der Waals surface area contributed by atoms with E-state index in [1.165, 1.54) is 11.3 Å². The van der Waals surface area contributed by atoms with Crippen molar-refractivity contribution >= 4 is 11.6 Å². The summed E-state index contributed by atoms with van der Waals surface area (Å²) >= 11 is 0. The maximum atomic E-state index is 5.18. The third-order valence-electron chi connectivity index (χ3n) is 5.43. The Hall–Kier alpha value is -2.54. The lowest BCUT2D eigenvalue weighted by molar-refractivity contribution is 0.182. The Morgan fingerprint density at radius 3 is 2.79 bits per heavy atom. The van der Waals surface area contributed by atoms with Crippen LogP contribution in [-0.2, 0) is 17.8 Å². The highest BCUT2D eigenvalue weighted by Gasteiger charge is 2.23. The number of nitrogens with zero attached hydrogens (tertiary/aromatic N) is 4. The predicted molar refractivity (Wildman–Crippen MR) is 119 cm³/mol. The molecule has 0 bridgehead atoms. The van der Waals surface area contributed by atoms with E-state index in [0.717, 1.165) is 49.9 Å². The molecule has 0 amide bonds. The van der Waals surface area contributed by atoms with Crippen molar-refractivity contribution in [1.29, 1.82) is 0 Å². The molecule has 1 unspecified atom stereocenters. The van der Waals surface area contributed by atoms with E-state index in [2.05, 4.69) is 71.7 Å². The monoisotopic (exact) mass is 398 g/mol. The zero-order valence-corrected chi connectivity index (χ0v) is 18.1. The Morgan fingerprint density at radius 1 is 1.28 bits per heavy atom. The molecule has 1 aliphatic rings. The van der Waals surface area contributed by atoms with E-state index in [0.29, 0.717) is 19.2 Å². The Morgan fingerprint density at radius 2 is 2.07 bits per heavy atom. The smallest absolute Gasteiger partial charge is 0.191 e. The summed E-state index contributed by atoms with van der Waals surface area (Å²) in [5.41, 5.74) is 4.67. The molecule has 1 saturated heterocycles. The van der Waals surface area contributed by atoms with Crippen molar-refractivity contribution < 1.29 is 4.74 Å². The standard InChI is InChI=1S/C22H34N6O/c1-5-23-22(24-15-21-17(2)26-28(18(21)3)13-14-29-4)25-19-11-12-27(16-19)20-9-7-6-8-10-20/h6-10,19H,5,11-16H2,1-4H3,(H2,23,24,25). The van der Waals surface area contributed by atoms with Crippen LogP contribution in [0.15, 0.2) is 35.3 Å². The molecule has 2 N–H and O–H groups in total. The average Bonchev–Trinajstić information content (AvgIpc) is 3.30. The van der Waals surface area contributed by atoms with Crippen molar-refractivity contribution in [2.24, 2.45) is 4.99 Å². The molecule has 0 saturated carbocycles. The van der Waals surface area contributed by atoms with E-state index in [9.17, 15) is 0 Å². The molecule has 7 heteroatoms. The van der Waals surface area contributed by atoms with Crippen molar-refractivity contribution in [3.63, 3.8) is 0 Å². The van der Waals surface area contributed by atoms with E-state index < -0.39 is 0 Å². The number of guanidine groups is 1. The number of hydrogen-bond donors (Lipinski definition) is 2. The number of para-hydroxylation sites is 1. The van der Waals surface area contributed by atoms with Crippen LogP contribution >= 0.6 is 0 Å². The minimum absolute atomic E-state index is 0.389. The second kappa shape index (κ2) is 10.3. The Bertz CT molecular complexity index is 801. The molecule has 7 nitrogen and oxygen atoms in total. The van der Waals surface area contributed by atoms with Crippen molar-refractivity contribution in [3.05, 3.63) is 47.3 Å². The van der Waals surface area contributed by atoms with Crippen molar-refractivity contribution in [1.82, 2.24) is 20.4 Å². The van der Waals surface area contributed by atoms with Crippen LogP contribution < -0.4 is 15.5 Å². The molecule has 3 rings (SSSR count). The van der Waals surface area contributed by atoms with Crippen molar-refractivity contribution in [3.8, 4) is 0 Å². The molecule has 1 atom stereocenters. The molecular weight excluding hydrogens is 364 g/mol. The fraction of sp³-hybridized carbons (Fsp3) is 0.545. The number of hydrogen-bond acceptors (Lipinski definition) is 4. The highest BCUT2D eigenvalue weighted by molar-refractivity contribution is 5.80. The first-order valence-electron chi connectivity index (χ1n) is 10.5. The van der Waals surface area contributed by atoms with Gasteiger partial charge in [0, 0.05) is 49.7 Å². The molecule has 0 spiro atoms. The summed E-state index contributed by atoms with van der Waals surface area (Å²) in [6.07, 6.45) is 1.10. The lowest BCUT2D eigenvalue weighted by atomic mass is 10.2. The minimum atomic E-state index is 0.389. The van der Waals surface area contributed by atoms with E-state index in [4.69, 9.17) is 9.73 Å². The SMILES string of the molecule is CCNC(=NCc1c(C)nn(CCOC)c1C)NC1CCN(c2ccccc2)C1. The number of benzene rings is 1. The molecule has 1 aliphatic heterocycles. The molecule has 29 heavy (non-hydrogen) atoms. The topological polar surface area (TPSA) is 66.7 Å². The number of aryl methyl sites for hydroxylation is 1. The maximum Gasteiger partial charge on any atom is 0.191 e. The molecule has 0 radical (unpaired) electrons. The molecule has 2 aromatic rings. The van der Waals surface area contributed by atoms with E-state index in [1.54, 1.807) is 7.11 Å². The number of methoxy groups -OCH3 is 1. The third kappa shape index (κ3) is 5.50. The van der Waals surface area contributed by atoms with Crippen LogP contribution in [0.1, 0.15) is 30.3 Å². The number of ether oxygens (including phenoxy) is 1. The largest absolute Gasteiger partial charge is 0.383 e. The van der Waals surface area contributed by atoms with Gasteiger partial charge < -0.3 is 20.3 Å². The van der Waals surface area contributed by atoms with Gasteiger partial charge in [0.1, 0.15) is 0 Å². The van der Waals surface area contributed by atoms with Crippen molar-refractivity contribution in [2.45, 2.75) is 46.3 Å². The number of rotatable bonds is 8. The highest BCUT2D eigenvalue weighted by atomic mass is 16.5. The first kappa shape index (κ1) is 21.2. The third-order valence-corrected chi connectivity index (χ3v) is 5.43. The molecule has 0 aliphatic carbocycles. The second-order valence-corrected chi connectivity index (χ2v) is 7.47. The lowest BCUT2D eigenvalue weighted by Gasteiger charge is -2.20. The molecule has 2 heterocycles. The molecule has 158 valence electrons. The first-order chi connectivity index (χ1) is 14.1. The molecule has 1 aromatic heterocycles. The van der Waals surface area contributed by atoms with Crippen LogP contribution in [0, 0.1) is 13.8 Å². The highest BCUT2D eigenvalue weighted by Crippen LogP contribution is 2.20. The zero-order valence-electron chi connectivity index (χ0n) is 18.1. The summed E-state index contributed by atoms with van der Waals surface area (Å²) in [6, 6.07) is 11.0. The maximum absolute atomic E-state index is 5.18. The normalized spacial score (nSPS) is 17.0. The van der Waals surface area contributed by atoms with E-state index >= 15 is 0 Å². The van der Waals surface area contributed by atoms with Crippen LogP contribution in [0.5, 0.6) is 0 Å². The predicted octanol–water partition coefficient (Wildman–Crippen LogP) is 2.48. The van der Waals surface area contributed by atoms with Gasteiger partial charge in [-0.2, -0.15) is 5.10 Å². The summed E-state index contributed by atoms with van der Waals surface area (Å²) in [5, 5.41) is 11.6. The Kier molecular flexibility index (Phi) is 7.52. The van der Waals surface area contributed by atoms with Gasteiger partial charge >= 0.3 is 0 Å². The minimum Gasteiger partial charge on any atom is -0.383 e. The number of anilines is 1. The van der Waals surface area contributed by atoms with Crippen LogP contribution in [0.4, 0.5) is 5.69 Å². The summed E-state index contributed by atoms with van der Waals surface area (Å²) in [5.74, 6) is 0.871. The second-order valence-electron chi connectivity index (χ2n) is 7.47. The first-order valence-corrected chi connectivity index (χ1v) is 10.5. The van der Waals surface area contributed by atoms with E-state index in [1.807, 2.05) is 4.68 Å². The van der Waals surface area contributed by atoms with Gasteiger partial charge in [-0.15, -0.1) is 0 Å². The number of nitrogens with one attached hydrogen (secondary N) is 2. The van der Waals surface area contributed by atoms with Gasteiger partial charge in [0.05, 0.1) is 25.4 Å². The van der Waals surface area contributed by atoms with Gasteiger partial charge in [0.2, 0.25) is 0 Å². The van der Waals surface area contributed by atoms with Crippen LogP contribution in [-0.4, -0.2) is 55.1 Å². The van der Waals surface area contributed by atoms with Crippen LogP contribution in [0.25, 0.3) is 0 Å². The van der Waals surface area contributed by atoms with Gasteiger partial charge in [-0.05, 0) is 39.3 Å². The Balaban J connectivity index is 1.63. The van der Waals surface area contributed by atoms with Gasteiger partial charge in [0.15, 0.2) is 5.96 Å². The number of aliphatic imine (C=N–C) groups is 1. The summed E-state index contributed by atoms with van der Waals surface area (Å²) in [4.78, 5) is 7.28. The van der Waals surface area contributed by atoms with Crippen LogP contribution in [0.3, 0.4) is 0 Å². The lowest BCUT2D eigenvalue weighted by Crippen LogP contribution is -2.44. The van der Waals surface area contributed by atoms with Gasteiger partial charge in [-0.3, -0.25) is 4.68 Å².